The maximum Gasteiger partial charge on any atom is 0.398 e. The molecule has 1 saturated carbocycles. The van der Waals surface area contributed by atoms with Gasteiger partial charge in [0.2, 0.25) is 0 Å². The van der Waals surface area contributed by atoms with Gasteiger partial charge in [-0.3, -0.25) is 0 Å². The molecular weight excluding hydrogens is 215 g/mol. The lowest BCUT2D eigenvalue weighted by Gasteiger charge is -2.19. The summed E-state index contributed by atoms with van der Waals surface area (Å²) in [5.41, 5.74) is -0.144. The van der Waals surface area contributed by atoms with Gasteiger partial charge in [0.15, 0.2) is 0 Å². The average molecular weight is 229 g/mol. The van der Waals surface area contributed by atoms with E-state index in [2.05, 4.69) is 5.32 Å². The Morgan fingerprint density at radius 1 is 1.19 bits per heavy atom. The topological polar surface area (TPSA) is 12.0 Å². The van der Waals surface area contributed by atoms with Crippen molar-refractivity contribution in [2.24, 2.45) is 0 Å². The fourth-order valence-corrected chi connectivity index (χ4v) is 2.01. The fraction of sp³-hybridized carbons (Fsp3) is 0.500. The molecule has 16 heavy (non-hydrogen) atoms. The van der Waals surface area contributed by atoms with Crippen LogP contribution in [0.15, 0.2) is 24.3 Å². The molecule has 1 aromatic carbocycles. The summed E-state index contributed by atoms with van der Waals surface area (Å²) in [6.07, 6.45) is -3.67. The summed E-state index contributed by atoms with van der Waals surface area (Å²) < 4.78 is 38.5. The monoisotopic (exact) mass is 229 g/mol. The Hall–Kier alpha value is -1.03. The van der Waals surface area contributed by atoms with Gasteiger partial charge in [-0.05, 0) is 31.0 Å². The van der Waals surface area contributed by atoms with Gasteiger partial charge in [0.05, 0.1) is 5.41 Å². The van der Waals surface area contributed by atoms with Gasteiger partial charge < -0.3 is 5.32 Å². The van der Waals surface area contributed by atoms with E-state index >= 15 is 0 Å². The highest BCUT2D eigenvalue weighted by molar-refractivity contribution is 5.35. The van der Waals surface area contributed by atoms with E-state index in [9.17, 15) is 13.2 Å². The second-order valence-corrected chi connectivity index (χ2v) is 4.31. The van der Waals surface area contributed by atoms with Crippen LogP contribution in [0.1, 0.15) is 24.0 Å². The summed E-state index contributed by atoms with van der Waals surface area (Å²) >= 11 is 0. The van der Waals surface area contributed by atoms with Crippen LogP contribution in [0.5, 0.6) is 0 Å². The largest absolute Gasteiger partial charge is 0.398 e. The zero-order valence-corrected chi connectivity index (χ0v) is 9.06. The summed E-state index contributed by atoms with van der Waals surface area (Å²) in [6, 6.07) is 6.73. The number of alkyl halides is 3. The third-order valence-electron chi connectivity index (χ3n) is 3.18. The minimum absolute atomic E-state index is 0.224. The van der Waals surface area contributed by atoms with Crippen LogP contribution in [-0.2, 0) is 12.0 Å². The molecule has 0 saturated heterocycles. The molecule has 88 valence electrons. The van der Waals surface area contributed by atoms with Crippen LogP contribution in [0.2, 0.25) is 0 Å². The van der Waals surface area contributed by atoms with E-state index in [0.29, 0.717) is 12.1 Å². The Labute approximate surface area is 92.7 Å². The van der Waals surface area contributed by atoms with Gasteiger partial charge in [-0.15, -0.1) is 0 Å². The van der Waals surface area contributed by atoms with Crippen molar-refractivity contribution in [2.45, 2.75) is 31.0 Å². The highest BCUT2D eigenvalue weighted by Crippen LogP contribution is 2.58. The van der Waals surface area contributed by atoms with Gasteiger partial charge in [0.1, 0.15) is 0 Å². The lowest BCUT2D eigenvalue weighted by molar-refractivity contribution is -0.160. The molecule has 0 unspecified atom stereocenters. The lowest BCUT2D eigenvalue weighted by Crippen LogP contribution is -2.28. The van der Waals surface area contributed by atoms with Crippen LogP contribution < -0.4 is 5.32 Å². The predicted octanol–water partition coefficient (Wildman–Crippen LogP) is 3.00. The molecule has 4 heteroatoms. The molecule has 1 aliphatic rings. The molecule has 1 aliphatic carbocycles. The third-order valence-corrected chi connectivity index (χ3v) is 3.18. The highest BCUT2D eigenvalue weighted by Gasteiger charge is 2.64. The predicted molar refractivity (Wildman–Crippen MR) is 56.2 cm³/mol. The zero-order chi connectivity index (χ0) is 11.8. The molecule has 0 spiro atoms. The smallest absolute Gasteiger partial charge is 0.316 e. The van der Waals surface area contributed by atoms with Crippen molar-refractivity contribution < 1.29 is 13.2 Å². The SMILES string of the molecule is CNCc1ccc(C2(C(F)(F)F)CC2)cc1. The molecule has 0 aliphatic heterocycles. The molecule has 0 bridgehead atoms. The van der Waals surface area contributed by atoms with Gasteiger partial charge in [0, 0.05) is 6.54 Å². The summed E-state index contributed by atoms with van der Waals surface area (Å²) in [5, 5.41) is 2.97. The van der Waals surface area contributed by atoms with Crippen molar-refractivity contribution in [1.82, 2.24) is 5.32 Å². The normalized spacial score (nSPS) is 18.5. The lowest BCUT2D eigenvalue weighted by atomic mass is 9.94. The molecule has 1 fully saturated rings. The van der Waals surface area contributed by atoms with Crippen LogP contribution in [0.4, 0.5) is 13.2 Å². The molecule has 0 atom stereocenters. The van der Waals surface area contributed by atoms with Crippen molar-refractivity contribution in [3.05, 3.63) is 35.4 Å². The van der Waals surface area contributed by atoms with Crippen molar-refractivity contribution in [2.75, 3.05) is 7.05 Å². The van der Waals surface area contributed by atoms with E-state index in [-0.39, 0.29) is 12.8 Å². The van der Waals surface area contributed by atoms with E-state index < -0.39 is 11.6 Å². The first-order valence-electron chi connectivity index (χ1n) is 5.30. The number of halogens is 3. The summed E-state index contributed by atoms with van der Waals surface area (Å²) in [6.45, 7) is 0.680. The first-order valence-corrected chi connectivity index (χ1v) is 5.30. The van der Waals surface area contributed by atoms with Crippen molar-refractivity contribution in [1.29, 1.82) is 0 Å². The van der Waals surface area contributed by atoms with Crippen LogP contribution in [-0.4, -0.2) is 13.2 Å². The molecule has 1 nitrogen and oxygen atoms in total. The third kappa shape index (κ3) is 1.82. The van der Waals surface area contributed by atoms with E-state index in [1.54, 1.807) is 24.3 Å². The molecule has 0 radical (unpaired) electrons. The van der Waals surface area contributed by atoms with Crippen molar-refractivity contribution in [3.63, 3.8) is 0 Å². The Kier molecular flexibility index (Phi) is 2.70. The molecule has 1 aromatic rings. The van der Waals surface area contributed by atoms with E-state index in [4.69, 9.17) is 0 Å². The maximum atomic E-state index is 12.8. The van der Waals surface area contributed by atoms with Gasteiger partial charge in [-0.1, -0.05) is 24.3 Å². The molecule has 0 amide bonds. The Morgan fingerprint density at radius 3 is 2.12 bits per heavy atom. The second-order valence-electron chi connectivity index (χ2n) is 4.31. The quantitative estimate of drug-likeness (QED) is 0.840. The van der Waals surface area contributed by atoms with E-state index in [0.717, 1.165) is 5.56 Å². The Morgan fingerprint density at radius 2 is 1.75 bits per heavy atom. The standard InChI is InChI=1S/C12H14F3N/c1-16-8-9-2-4-10(5-3-9)11(6-7-11)12(13,14)15/h2-5,16H,6-8H2,1H3. The van der Waals surface area contributed by atoms with E-state index in [1.807, 2.05) is 7.05 Å². The number of nitrogens with one attached hydrogen (secondary N) is 1. The van der Waals surface area contributed by atoms with Gasteiger partial charge >= 0.3 is 6.18 Å². The molecule has 0 heterocycles. The number of hydrogen-bond acceptors (Lipinski definition) is 1. The molecule has 2 rings (SSSR count). The second kappa shape index (κ2) is 3.77. The zero-order valence-electron chi connectivity index (χ0n) is 9.06. The van der Waals surface area contributed by atoms with Gasteiger partial charge in [-0.25, -0.2) is 0 Å². The molecule has 0 aromatic heterocycles. The van der Waals surface area contributed by atoms with Gasteiger partial charge in [0.25, 0.3) is 0 Å². The summed E-state index contributed by atoms with van der Waals surface area (Å²) in [5.74, 6) is 0. The Balaban J connectivity index is 2.22. The first kappa shape index (κ1) is 11.5. The first-order chi connectivity index (χ1) is 7.49. The number of hydrogen-bond donors (Lipinski definition) is 1. The van der Waals surface area contributed by atoms with Crippen LogP contribution in [0.25, 0.3) is 0 Å². The average Bonchev–Trinajstić information content (AvgIpc) is 2.99. The van der Waals surface area contributed by atoms with Gasteiger partial charge in [-0.2, -0.15) is 13.2 Å². The van der Waals surface area contributed by atoms with E-state index in [1.165, 1.54) is 0 Å². The summed E-state index contributed by atoms with van der Waals surface area (Å²) in [4.78, 5) is 0. The van der Waals surface area contributed by atoms with Crippen LogP contribution in [0.3, 0.4) is 0 Å². The van der Waals surface area contributed by atoms with Crippen molar-refractivity contribution >= 4 is 0 Å². The number of rotatable bonds is 3. The number of benzene rings is 1. The Bertz CT molecular complexity index is 363. The highest BCUT2D eigenvalue weighted by atomic mass is 19.4. The van der Waals surface area contributed by atoms with Crippen LogP contribution in [0, 0.1) is 0 Å². The van der Waals surface area contributed by atoms with Crippen LogP contribution >= 0.6 is 0 Å². The fourth-order valence-electron chi connectivity index (χ4n) is 2.01. The minimum atomic E-state index is -4.11. The van der Waals surface area contributed by atoms with Crippen molar-refractivity contribution in [3.8, 4) is 0 Å². The minimum Gasteiger partial charge on any atom is -0.316 e. The maximum absolute atomic E-state index is 12.8. The molecular formula is C12H14F3N. The summed E-state index contributed by atoms with van der Waals surface area (Å²) in [7, 11) is 1.81. The molecule has 1 N–H and O–H groups in total.